The number of anilines is 1. The second-order valence-corrected chi connectivity index (χ2v) is 8.24. The summed E-state index contributed by atoms with van der Waals surface area (Å²) in [5.74, 6) is -3.64. The lowest BCUT2D eigenvalue weighted by Crippen LogP contribution is -2.43. The van der Waals surface area contributed by atoms with Crippen molar-refractivity contribution in [2.75, 3.05) is 31.6 Å². The van der Waals surface area contributed by atoms with Crippen molar-refractivity contribution in [1.29, 1.82) is 5.26 Å². The van der Waals surface area contributed by atoms with Crippen molar-refractivity contribution in [1.82, 2.24) is 15.2 Å². The van der Waals surface area contributed by atoms with E-state index in [1.807, 2.05) is 37.4 Å². The monoisotopic (exact) mass is 467 g/mol. The Morgan fingerprint density at radius 1 is 1.35 bits per heavy atom. The zero-order valence-corrected chi connectivity index (χ0v) is 18.4. The summed E-state index contributed by atoms with van der Waals surface area (Å²) in [6.07, 6.45) is 5.56. The van der Waals surface area contributed by atoms with E-state index in [-0.39, 0.29) is 11.7 Å². The van der Waals surface area contributed by atoms with E-state index in [2.05, 4.69) is 15.2 Å². The number of hydrogen-bond donors (Lipinski definition) is 1. The van der Waals surface area contributed by atoms with Gasteiger partial charge in [0.15, 0.2) is 0 Å². The average Bonchev–Trinajstić information content (AvgIpc) is 3.16. The molecule has 0 spiro atoms. The van der Waals surface area contributed by atoms with Gasteiger partial charge in [-0.1, -0.05) is 18.2 Å². The first-order chi connectivity index (χ1) is 16.3. The first-order valence-electron chi connectivity index (χ1n) is 10.7. The number of halogens is 2. The van der Waals surface area contributed by atoms with Gasteiger partial charge in [-0.05, 0) is 24.3 Å². The number of rotatable bonds is 5. The van der Waals surface area contributed by atoms with Crippen LogP contribution in [0.4, 0.5) is 14.5 Å². The van der Waals surface area contributed by atoms with Crippen LogP contribution in [-0.4, -0.2) is 66.4 Å². The number of hydrogen-bond acceptors (Lipinski definition) is 6. The molecule has 0 bridgehead atoms. The summed E-state index contributed by atoms with van der Waals surface area (Å²) >= 11 is 0. The molecule has 2 amide bonds. The Morgan fingerprint density at radius 3 is 2.94 bits per heavy atom. The van der Waals surface area contributed by atoms with Gasteiger partial charge in [0, 0.05) is 37.0 Å². The van der Waals surface area contributed by atoms with Crippen molar-refractivity contribution in [2.24, 2.45) is 0 Å². The molecule has 3 heterocycles. The minimum absolute atomic E-state index is 0.252. The summed E-state index contributed by atoms with van der Waals surface area (Å²) in [7, 11) is 1.97. The third kappa shape index (κ3) is 4.98. The molecular formula is C24H23F2N5O3. The van der Waals surface area contributed by atoms with Crippen LogP contribution < -0.4 is 15.0 Å². The topological polar surface area (TPSA) is 98.6 Å². The maximum Gasteiger partial charge on any atom is 0.268 e. The van der Waals surface area contributed by atoms with Crippen LogP contribution in [-0.2, 0) is 4.79 Å². The number of likely N-dealkylation sites (tertiary alicyclic amines) is 1. The van der Waals surface area contributed by atoms with Gasteiger partial charge in [-0.25, -0.2) is 8.78 Å². The van der Waals surface area contributed by atoms with E-state index in [0.29, 0.717) is 12.1 Å². The molecule has 0 aliphatic carbocycles. The van der Waals surface area contributed by atoms with Crippen molar-refractivity contribution in [2.45, 2.75) is 24.5 Å². The highest BCUT2D eigenvalue weighted by Gasteiger charge is 2.47. The second-order valence-electron chi connectivity index (χ2n) is 8.24. The first-order valence-corrected chi connectivity index (χ1v) is 10.7. The lowest BCUT2D eigenvalue weighted by atomic mass is 10.1. The first kappa shape index (κ1) is 23.2. The molecule has 2 aliphatic rings. The van der Waals surface area contributed by atoms with Crippen molar-refractivity contribution in [3.63, 3.8) is 0 Å². The molecule has 1 aromatic carbocycles. The molecule has 2 unspecified atom stereocenters. The van der Waals surface area contributed by atoms with Crippen LogP contribution in [0, 0.1) is 11.3 Å². The lowest BCUT2D eigenvalue weighted by Gasteiger charge is -2.32. The van der Waals surface area contributed by atoms with E-state index in [0.717, 1.165) is 16.3 Å². The zero-order valence-electron chi connectivity index (χ0n) is 18.4. The third-order valence-corrected chi connectivity index (χ3v) is 5.74. The number of carbonyl (C=O) groups is 2. The highest BCUT2D eigenvalue weighted by atomic mass is 19.3. The predicted molar refractivity (Wildman–Crippen MR) is 120 cm³/mol. The minimum atomic E-state index is -3.11. The van der Waals surface area contributed by atoms with Crippen LogP contribution in [0.25, 0.3) is 6.08 Å². The fourth-order valence-corrected chi connectivity index (χ4v) is 4.05. The number of nitrogens with zero attached hydrogens (tertiary/aromatic N) is 4. The predicted octanol–water partition coefficient (Wildman–Crippen LogP) is 2.48. The Balaban J connectivity index is 1.41. The fourth-order valence-electron chi connectivity index (χ4n) is 4.05. The molecule has 34 heavy (non-hydrogen) atoms. The van der Waals surface area contributed by atoms with Crippen molar-refractivity contribution in [3.05, 3.63) is 59.9 Å². The number of benzene rings is 1. The molecule has 8 nitrogen and oxygen atoms in total. The lowest BCUT2D eigenvalue weighted by molar-refractivity contribution is -0.131. The minimum Gasteiger partial charge on any atom is -0.482 e. The van der Waals surface area contributed by atoms with Crippen molar-refractivity contribution in [3.8, 4) is 11.8 Å². The van der Waals surface area contributed by atoms with Gasteiger partial charge in [-0.2, -0.15) is 5.26 Å². The molecule has 0 saturated carbocycles. The van der Waals surface area contributed by atoms with Crippen LogP contribution in [0.1, 0.15) is 22.3 Å². The van der Waals surface area contributed by atoms with Crippen LogP contribution in [0.15, 0.2) is 48.8 Å². The second kappa shape index (κ2) is 9.47. The van der Waals surface area contributed by atoms with Crippen LogP contribution in [0.2, 0.25) is 0 Å². The summed E-state index contributed by atoms with van der Waals surface area (Å²) in [4.78, 5) is 32.0. The van der Waals surface area contributed by atoms with Gasteiger partial charge in [0.05, 0.1) is 31.4 Å². The molecular weight excluding hydrogens is 444 g/mol. The van der Waals surface area contributed by atoms with E-state index < -0.39 is 43.3 Å². The van der Waals surface area contributed by atoms with E-state index in [4.69, 9.17) is 10.00 Å². The third-order valence-electron chi connectivity index (χ3n) is 5.74. The van der Waals surface area contributed by atoms with Crippen LogP contribution >= 0.6 is 0 Å². The number of nitriles is 1. The number of amides is 2. The van der Waals surface area contributed by atoms with E-state index in [1.165, 1.54) is 18.5 Å². The number of ether oxygens (including phenoxy) is 1. The molecule has 4 rings (SSSR count). The quantitative estimate of drug-likeness (QED) is 0.726. The number of aromatic nitrogens is 1. The van der Waals surface area contributed by atoms with Crippen LogP contribution in [0.3, 0.4) is 0 Å². The number of fused-ring (bicyclic) bond motifs is 1. The summed E-state index contributed by atoms with van der Waals surface area (Å²) < 4.78 is 33.2. The number of pyridine rings is 1. The van der Waals surface area contributed by atoms with E-state index in [1.54, 1.807) is 12.1 Å². The summed E-state index contributed by atoms with van der Waals surface area (Å²) in [5, 5.41) is 11.5. The Hall–Kier alpha value is -4.00. The molecule has 176 valence electrons. The Labute approximate surface area is 195 Å². The van der Waals surface area contributed by atoms with E-state index in [9.17, 15) is 18.4 Å². The maximum absolute atomic E-state index is 13.6. The Morgan fingerprint density at radius 2 is 2.15 bits per heavy atom. The molecule has 1 fully saturated rings. The van der Waals surface area contributed by atoms with Crippen LogP contribution in [0.5, 0.6) is 5.75 Å². The van der Waals surface area contributed by atoms with Gasteiger partial charge in [0.1, 0.15) is 17.9 Å². The summed E-state index contributed by atoms with van der Waals surface area (Å²) in [6, 6.07) is 9.71. The number of likely N-dealkylation sites (N-methyl/N-ethyl adjacent to an activating group) is 1. The van der Waals surface area contributed by atoms with Gasteiger partial charge >= 0.3 is 0 Å². The molecule has 1 aromatic heterocycles. The molecule has 2 aliphatic heterocycles. The van der Waals surface area contributed by atoms with Crippen molar-refractivity contribution < 1.29 is 23.1 Å². The van der Waals surface area contributed by atoms with Gasteiger partial charge in [-0.3, -0.25) is 14.6 Å². The maximum atomic E-state index is 13.6. The summed E-state index contributed by atoms with van der Waals surface area (Å²) in [6.45, 7) is -0.710. The normalized spacial score (nSPS) is 21.0. The zero-order chi connectivity index (χ0) is 24.3. The molecule has 1 N–H and O–H groups in total. The highest BCUT2D eigenvalue weighted by Crippen LogP contribution is 2.33. The molecule has 1 saturated heterocycles. The molecule has 0 radical (unpaired) electrons. The molecule has 10 heteroatoms. The van der Waals surface area contributed by atoms with Gasteiger partial charge in [-0.15, -0.1) is 0 Å². The van der Waals surface area contributed by atoms with Gasteiger partial charge in [0.2, 0.25) is 5.91 Å². The molecule has 2 atom stereocenters. The fraction of sp³-hybridized carbons (Fsp3) is 0.333. The smallest absolute Gasteiger partial charge is 0.268 e. The van der Waals surface area contributed by atoms with Gasteiger partial charge < -0.3 is 19.9 Å². The highest BCUT2D eigenvalue weighted by molar-refractivity contribution is 5.99. The number of alkyl halides is 2. The number of nitrogens with one attached hydrogen (secondary N) is 1. The van der Waals surface area contributed by atoms with Gasteiger partial charge in [0.25, 0.3) is 11.8 Å². The van der Waals surface area contributed by atoms with Crippen molar-refractivity contribution >= 4 is 23.6 Å². The van der Waals surface area contributed by atoms with E-state index >= 15 is 0 Å². The standard InChI is InChI=1S/C24H23F2N5O3/c1-30-14-18(34-21-5-3-2-4-20(21)30)7-6-16-12-28-9-8-19(16)23(33)29-13-22(32)31-15-24(25,26)10-17(31)11-27/h2-9,12,17-18H,10,13-15H2,1H3,(H,29,33)/b7-6+. The Kier molecular flexibility index (Phi) is 6.45. The SMILES string of the molecule is CN1CC(/C=C/c2cnccc2C(=O)NCC(=O)N2CC(F)(F)CC2C#N)Oc2ccccc21. The average molecular weight is 467 g/mol. The summed E-state index contributed by atoms with van der Waals surface area (Å²) in [5.41, 5.74) is 1.78. The number of carbonyl (C=O) groups excluding carboxylic acids is 2. The Bertz CT molecular complexity index is 1160. The largest absolute Gasteiger partial charge is 0.482 e. The number of para-hydroxylation sites is 2. The molecule has 2 aromatic rings.